The lowest BCUT2D eigenvalue weighted by molar-refractivity contribution is -0.122. The van der Waals surface area contributed by atoms with Crippen LogP contribution in [0.15, 0.2) is 48.7 Å². The van der Waals surface area contributed by atoms with Crippen molar-refractivity contribution in [3.8, 4) is 0 Å². The van der Waals surface area contributed by atoms with Crippen molar-refractivity contribution < 1.29 is 4.79 Å². The summed E-state index contributed by atoms with van der Waals surface area (Å²) in [4.78, 5) is 11.8. The predicted molar refractivity (Wildman–Crippen MR) is 67.2 cm³/mol. The van der Waals surface area contributed by atoms with E-state index in [4.69, 9.17) is 5.73 Å². The summed E-state index contributed by atoms with van der Waals surface area (Å²) in [5, 5.41) is 10.3. The number of nitrogens with zero attached hydrogens (tertiary/aromatic N) is 2. The van der Waals surface area contributed by atoms with Gasteiger partial charge in [0, 0.05) is 6.20 Å². The summed E-state index contributed by atoms with van der Waals surface area (Å²) in [5.41, 5.74) is 7.34. The van der Waals surface area contributed by atoms with E-state index < -0.39 is 6.04 Å². The Morgan fingerprint density at radius 1 is 1.22 bits per heavy atom. The van der Waals surface area contributed by atoms with Crippen molar-refractivity contribution in [2.45, 2.75) is 12.6 Å². The molecule has 18 heavy (non-hydrogen) atoms. The van der Waals surface area contributed by atoms with Gasteiger partial charge in [0.1, 0.15) is 6.04 Å². The van der Waals surface area contributed by atoms with Crippen LogP contribution >= 0.6 is 0 Å². The molecule has 0 spiro atoms. The van der Waals surface area contributed by atoms with E-state index >= 15 is 0 Å². The van der Waals surface area contributed by atoms with Crippen molar-refractivity contribution in [3.05, 3.63) is 59.9 Å². The van der Waals surface area contributed by atoms with Gasteiger partial charge in [0.15, 0.2) is 0 Å². The fraction of sp³-hybridized carbons (Fsp3) is 0.154. The van der Waals surface area contributed by atoms with E-state index in [1.165, 1.54) is 0 Å². The minimum Gasteiger partial charge on any atom is -0.349 e. The third kappa shape index (κ3) is 3.11. The average Bonchev–Trinajstić information content (AvgIpc) is 2.46. The molecule has 0 fully saturated rings. The Kier molecular flexibility index (Phi) is 3.98. The lowest BCUT2D eigenvalue weighted by Gasteiger charge is -2.11. The number of rotatable bonds is 4. The van der Waals surface area contributed by atoms with Gasteiger partial charge >= 0.3 is 0 Å². The third-order valence-corrected chi connectivity index (χ3v) is 2.51. The molecule has 5 heteroatoms. The maximum absolute atomic E-state index is 11.8. The normalized spacial score (nSPS) is 11.8. The van der Waals surface area contributed by atoms with E-state index in [1.807, 2.05) is 30.3 Å². The quantitative estimate of drug-likeness (QED) is 0.830. The molecule has 0 bridgehead atoms. The summed E-state index contributed by atoms with van der Waals surface area (Å²) < 4.78 is 0. The molecule has 92 valence electrons. The number of carbonyl (C=O) groups is 1. The van der Waals surface area contributed by atoms with Gasteiger partial charge in [-0.15, -0.1) is 0 Å². The van der Waals surface area contributed by atoms with Gasteiger partial charge in [-0.05, 0) is 17.7 Å². The molecule has 0 radical (unpaired) electrons. The number of benzene rings is 1. The molecule has 1 atom stereocenters. The molecule has 3 N–H and O–H groups in total. The van der Waals surface area contributed by atoms with Crippen molar-refractivity contribution in [1.29, 1.82) is 0 Å². The van der Waals surface area contributed by atoms with Crippen LogP contribution in [0, 0.1) is 0 Å². The molecule has 0 unspecified atom stereocenters. The first kappa shape index (κ1) is 12.2. The van der Waals surface area contributed by atoms with Crippen molar-refractivity contribution >= 4 is 5.91 Å². The number of nitrogens with one attached hydrogen (secondary N) is 1. The fourth-order valence-corrected chi connectivity index (χ4v) is 1.53. The van der Waals surface area contributed by atoms with Gasteiger partial charge in [-0.25, -0.2) is 0 Å². The molecule has 0 saturated carbocycles. The maximum atomic E-state index is 11.8. The Labute approximate surface area is 105 Å². The molecular weight excluding hydrogens is 228 g/mol. The Morgan fingerprint density at radius 2 is 2.00 bits per heavy atom. The second-order valence-corrected chi connectivity index (χ2v) is 3.82. The minimum atomic E-state index is -0.664. The molecule has 1 aromatic heterocycles. The van der Waals surface area contributed by atoms with Crippen LogP contribution in [0.1, 0.15) is 17.3 Å². The van der Waals surface area contributed by atoms with Crippen LogP contribution in [0.5, 0.6) is 0 Å². The van der Waals surface area contributed by atoms with Gasteiger partial charge in [0.2, 0.25) is 5.91 Å². The van der Waals surface area contributed by atoms with Crippen LogP contribution in [0.4, 0.5) is 0 Å². The number of carbonyl (C=O) groups excluding carboxylic acids is 1. The van der Waals surface area contributed by atoms with Gasteiger partial charge < -0.3 is 11.1 Å². The molecule has 0 aliphatic carbocycles. The van der Waals surface area contributed by atoms with Crippen LogP contribution in [0.25, 0.3) is 0 Å². The molecule has 1 heterocycles. The topological polar surface area (TPSA) is 80.9 Å². The highest BCUT2D eigenvalue weighted by molar-refractivity contribution is 5.82. The summed E-state index contributed by atoms with van der Waals surface area (Å²) in [5.74, 6) is -0.230. The largest absolute Gasteiger partial charge is 0.349 e. The first-order chi connectivity index (χ1) is 8.77. The zero-order valence-corrected chi connectivity index (χ0v) is 9.78. The van der Waals surface area contributed by atoms with Crippen molar-refractivity contribution in [3.63, 3.8) is 0 Å². The SMILES string of the molecule is N[C@H](C(=O)NCc1cccnn1)c1ccccc1. The molecule has 5 nitrogen and oxygen atoms in total. The van der Waals surface area contributed by atoms with E-state index in [0.717, 1.165) is 5.56 Å². The van der Waals surface area contributed by atoms with Gasteiger partial charge in [-0.1, -0.05) is 30.3 Å². The Balaban J connectivity index is 1.93. The van der Waals surface area contributed by atoms with E-state index in [0.29, 0.717) is 12.2 Å². The molecule has 2 aromatic rings. The monoisotopic (exact) mass is 242 g/mol. The van der Waals surface area contributed by atoms with Crippen molar-refractivity contribution in [2.75, 3.05) is 0 Å². The first-order valence-corrected chi connectivity index (χ1v) is 5.62. The number of amides is 1. The highest BCUT2D eigenvalue weighted by Gasteiger charge is 2.14. The van der Waals surface area contributed by atoms with Gasteiger partial charge in [0.25, 0.3) is 0 Å². The third-order valence-electron chi connectivity index (χ3n) is 2.51. The van der Waals surface area contributed by atoms with E-state index in [9.17, 15) is 4.79 Å². The average molecular weight is 242 g/mol. The predicted octanol–water partition coefficient (Wildman–Crippen LogP) is 0.793. The highest BCUT2D eigenvalue weighted by atomic mass is 16.2. The molecule has 0 aliphatic rings. The summed E-state index contributed by atoms with van der Waals surface area (Å²) in [6, 6.07) is 12.1. The number of hydrogen-bond donors (Lipinski definition) is 2. The van der Waals surface area contributed by atoms with E-state index in [-0.39, 0.29) is 5.91 Å². The summed E-state index contributed by atoms with van der Waals surface area (Å²) in [6.07, 6.45) is 1.58. The molecule has 2 rings (SSSR count). The highest BCUT2D eigenvalue weighted by Crippen LogP contribution is 2.09. The lowest BCUT2D eigenvalue weighted by atomic mass is 10.1. The molecule has 0 aliphatic heterocycles. The van der Waals surface area contributed by atoms with Crippen LogP contribution in [0.3, 0.4) is 0 Å². The number of hydrogen-bond acceptors (Lipinski definition) is 4. The summed E-state index contributed by atoms with van der Waals surface area (Å²) in [6.45, 7) is 0.327. The van der Waals surface area contributed by atoms with Crippen molar-refractivity contribution in [2.24, 2.45) is 5.73 Å². The lowest BCUT2D eigenvalue weighted by Crippen LogP contribution is -2.33. The maximum Gasteiger partial charge on any atom is 0.241 e. The Hall–Kier alpha value is -2.27. The number of nitrogens with two attached hydrogens (primary N) is 1. The van der Waals surface area contributed by atoms with Crippen LogP contribution < -0.4 is 11.1 Å². The van der Waals surface area contributed by atoms with Crippen LogP contribution in [-0.2, 0) is 11.3 Å². The molecule has 0 saturated heterocycles. The van der Waals surface area contributed by atoms with E-state index in [1.54, 1.807) is 18.3 Å². The summed E-state index contributed by atoms with van der Waals surface area (Å²) in [7, 11) is 0. The zero-order valence-electron chi connectivity index (χ0n) is 9.78. The smallest absolute Gasteiger partial charge is 0.241 e. The zero-order chi connectivity index (χ0) is 12.8. The molecular formula is C13H14N4O. The fourth-order valence-electron chi connectivity index (χ4n) is 1.53. The standard InChI is InChI=1S/C13H14N4O/c14-12(10-5-2-1-3-6-10)13(18)15-9-11-7-4-8-16-17-11/h1-8,12H,9,14H2,(H,15,18)/t12-/m0/s1. The molecule has 1 amide bonds. The van der Waals surface area contributed by atoms with Gasteiger partial charge in [-0.3, -0.25) is 4.79 Å². The Bertz CT molecular complexity index is 501. The van der Waals surface area contributed by atoms with Crippen LogP contribution in [0.2, 0.25) is 0 Å². The van der Waals surface area contributed by atoms with E-state index in [2.05, 4.69) is 15.5 Å². The second kappa shape index (κ2) is 5.88. The van der Waals surface area contributed by atoms with Crippen LogP contribution in [-0.4, -0.2) is 16.1 Å². The first-order valence-electron chi connectivity index (χ1n) is 5.62. The summed E-state index contributed by atoms with van der Waals surface area (Å²) >= 11 is 0. The van der Waals surface area contributed by atoms with Crippen molar-refractivity contribution in [1.82, 2.24) is 15.5 Å². The second-order valence-electron chi connectivity index (χ2n) is 3.82. The Morgan fingerprint density at radius 3 is 2.67 bits per heavy atom. The molecule has 1 aromatic carbocycles. The van der Waals surface area contributed by atoms with Gasteiger partial charge in [-0.2, -0.15) is 10.2 Å². The number of aromatic nitrogens is 2. The van der Waals surface area contributed by atoms with Gasteiger partial charge in [0.05, 0.1) is 12.2 Å². The minimum absolute atomic E-state index is 0.230.